The highest BCUT2D eigenvalue weighted by molar-refractivity contribution is 5.84. The number of ether oxygens (including phenoxy) is 1. The van der Waals surface area contributed by atoms with Gasteiger partial charge in [-0.05, 0) is 74.5 Å². The number of fused-ring (bicyclic) bond motifs is 2. The van der Waals surface area contributed by atoms with Crippen molar-refractivity contribution in [3.63, 3.8) is 0 Å². The number of benzene rings is 1. The topological polar surface area (TPSA) is 78.7 Å². The van der Waals surface area contributed by atoms with Crippen LogP contribution in [0.3, 0.4) is 0 Å². The molecule has 0 radical (unpaired) electrons. The molecule has 182 valence electrons. The molecule has 0 amide bonds. The fraction of sp³-hybridized carbons (Fsp3) is 0.517. The lowest BCUT2D eigenvalue weighted by atomic mass is 9.58. The van der Waals surface area contributed by atoms with Crippen molar-refractivity contribution in [1.29, 1.82) is 0 Å². The van der Waals surface area contributed by atoms with Gasteiger partial charge in [0.1, 0.15) is 12.4 Å². The predicted molar refractivity (Wildman–Crippen MR) is 134 cm³/mol. The number of nitrogens with zero attached hydrogens (tertiary/aromatic N) is 3. The minimum atomic E-state index is -0.890. The van der Waals surface area contributed by atoms with E-state index in [0.29, 0.717) is 12.3 Å². The van der Waals surface area contributed by atoms with Crippen LogP contribution in [0.4, 0.5) is 0 Å². The Kier molecular flexibility index (Phi) is 4.44. The molecule has 5 aliphatic rings. The van der Waals surface area contributed by atoms with Gasteiger partial charge in [0.15, 0.2) is 0 Å². The molecule has 1 saturated carbocycles. The third-order valence-electron chi connectivity index (χ3n) is 9.91. The maximum Gasteiger partial charge on any atom is 0.116 e. The van der Waals surface area contributed by atoms with E-state index in [9.17, 15) is 10.2 Å². The van der Waals surface area contributed by atoms with Crippen molar-refractivity contribution >= 4 is 16.5 Å². The van der Waals surface area contributed by atoms with Crippen molar-refractivity contribution in [3.8, 4) is 0 Å². The van der Waals surface area contributed by atoms with E-state index in [0.717, 1.165) is 42.2 Å². The van der Waals surface area contributed by atoms with E-state index in [1.165, 1.54) is 16.7 Å². The van der Waals surface area contributed by atoms with Gasteiger partial charge in [-0.25, -0.2) is 9.97 Å². The normalized spacial score (nSPS) is 41.7. The molecular weight excluding hydrogens is 438 g/mol. The highest BCUT2D eigenvalue weighted by Gasteiger charge is 2.67. The molecular formula is C29H33N3O3. The van der Waals surface area contributed by atoms with Gasteiger partial charge in [-0.15, -0.1) is 0 Å². The van der Waals surface area contributed by atoms with Crippen LogP contribution in [0.15, 0.2) is 60.1 Å². The van der Waals surface area contributed by atoms with Crippen molar-refractivity contribution in [2.75, 3.05) is 14.1 Å². The summed E-state index contributed by atoms with van der Waals surface area (Å²) < 4.78 is 7.22. The fourth-order valence-corrected chi connectivity index (χ4v) is 8.09. The van der Waals surface area contributed by atoms with Gasteiger partial charge in [-0.2, -0.15) is 0 Å². The van der Waals surface area contributed by atoms with Crippen LogP contribution >= 0.6 is 0 Å². The number of allylic oxidation sites excluding steroid dienone is 3. The lowest BCUT2D eigenvalue weighted by Crippen LogP contribution is -2.61. The molecule has 2 bridgehead atoms. The smallest absolute Gasteiger partial charge is 0.116 e. The second-order valence-electron chi connectivity index (χ2n) is 11.7. The monoisotopic (exact) mass is 471 g/mol. The highest BCUT2D eigenvalue weighted by Crippen LogP contribution is 2.67. The Morgan fingerprint density at radius 2 is 2.00 bits per heavy atom. The summed E-state index contributed by atoms with van der Waals surface area (Å²) in [6.07, 6.45) is 13.2. The predicted octanol–water partition coefficient (Wildman–Crippen LogP) is 3.65. The molecule has 2 aromatic rings. The fourth-order valence-electron chi connectivity index (χ4n) is 8.09. The minimum absolute atomic E-state index is 0.0329. The quantitative estimate of drug-likeness (QED) is 0.696. The van der Waals surface area contributed by atoms with Crippen LogP contribution in [0.25, 0.3) is 16.5 Å². The van der Waals surface area contributed by atoms with E-state index in [1.807, 2.05) is 25.2 Å². The lowest BCUT2D eigenvalue weighted by Gasteiger charge is -2.55. The first-order valence-electron chi connectivity index (χ1n) is 12.8. The number of hydrogen-bond donors (Lipinski definition) is 2. The number of aliphatic hydroxyl groups excluding tert-OH is 2. The van der Waals surface area contributed by atoms with Gasteiger partial charge in [0.25, 0.3) is 0 Å². The summed E-state index contributed by atoms with van der Waals surface area (Å²) in [6, 6.07) is 6.40. The van der Waals surface area contributed by atoms with Gasteiger partial charge in [0.2, 0.25) is 0 Å². The van der Waals surface area contributed by atoms with Crippen molar-refractivity contribution in [2.45, 2.75) is 68.5 Å². The zero-order chi connectivity index (χ0) is 24.2. The van der Waals surface area contributed by atoms with E-state index in [4.69, 9.17) is 4.74 Å². The zero-order valence-electron chi connectivity index (χ0n) is 20.6. The number of aromatic nitrogens is 2. The first kappa shape index (κ1) is 21.9. The first-order chi connectivity index (χ1) is 16.8. The van der Waals surface area contributed by atoms with E-state index < -0.39 is 17.8 Å². The van der Waals surface area contributed by atoms with Gasteiger partial charge >= 0.3 is 0 Å². The number of likely N-dealkylation sites (N-methyl/N-ethyl adjacent to an activating group) is 1. The summed E-state index contributed by atoms with van der Waals surface area (Å²) in [7, 11) is 3.95. The molecule has 2 spiro atoms. The third kappa shape index (κ3) is 2.74. The van der Waals surface area contributed by atoms with Crippen molar-refractivity contribution in [2.24, 2.45) is 11.3 Å². The largest absolute Gasteiger partial charge is 0.388 e. The molecule has 7 atom stereocenters. The van der Waals surface area contributed by atoms with Crippen LogP contribution in [-0.2, 0) is 4.74 Å². The van der Waals surface area contributed by atoms with Crippen molar-refractivity contribution < 1.29 is 14.9 Å². The molecule has 2 aliphatic heterocycles. The molecule has 7 unspecified atom stereocenters. The Hall–Kier alpha value is -2.38. The van der Waals surface area contributed by atoms with Crippen molar-refractivity contribution in [1.82, 2.24) is 14.9 Å². The van der Waals surface area contributed by atoms with Crippen LogP contribution in [0.5, 0.6) is 0 Å². The van der Waals surface area contributed by atoms with Crippen LogP contribution in [-0.4, -0.2) is 68.6 Å². The van der Waals surface area contributed by atoms with Crippen molar-refractivity contribution in [3.05, 3.63) is 65.7 Å². The average Bonchev–Trinajstić information content (AvgIpc) is 3.37. The van der Waals surface area contributed by atoms with E-state index in [1.54, 1.807) is 6.33 Å². The first-order valence-corrected chi connectivity index (χ1v) is 12.8. The van der Waals surface area contributed by atoms with Gasteiger partial charge in [-0.1, -0.05) is 37.3 Å². The second-order valence-corrected chi connectivity index (χ2v) is 11.7. The van der Waals surface area contributed by atoms with Gasteiger partial charge in [0, 0.05) is 29.0 Å². The summed E-state index contributed by atoms with van der Waals surface area (Å²) in [5, 5.41) is 23.1. The molecule has 2 fully saturated rings. The molecule has 7 rings (SSSR count). The Morgan fingerprint density at radius 3 is 2.83 bits per heavy atom. The molecule has 3 heterocycles. The molecule has 1 aromatic heterocycles. The molecule has 6 heteroatoms. The number of hydrogen-bond acceptors (Lipinski definition) is 6. The molecule has 6 nitrogen and oxygen atoms in total. The highest BCUT2D eigenvalue weighted by atomic mass is 16.5. The molecule has 3 aliphatic carbocycles. The maximum atomic E-state index is 11.1. The van der Waals surface area contributed by atoms with Crippen LogP contribution in [0.1, 0.15) is 44.6 Å². The summed E-state index contributed by atoms with van der Waals surface area (Å²) in [5.41, 5.74) is 4.81. The molecule has 1 saturated heterocycles. The number of aliphatic hydroxyl groups is 2. The maximum absolute atomic E-state index is 11.1. The molecule has 2 N–H and O–H groups in total. The van der Waals surface area contributed by atoms with Crippen LogP contribution < -0.4 is 0 Å². The number of rotatable bonds is 2. The Balaban J connectivity index is 1.30. The second kappa shape index (κ2) is 7.10. The van der Waals surface area contributed by atoms with Gasteiger partial charge < -0.3 is 19.8 Å². The molecule has 1 aromatic carbocycles. The summed E-state index contributed by atoms with van der Waals surface area (Å²) in [6.45, 7) is 2.40. The Labute approximate surface area is 206 Å². The third-order valence-corrected chi connectivity index (χ3v) is 9.91. The van der Waals surface area contributed by atoms with Gasteiger partial charge in [-0.3, -0.25) is 0 Å². The minimum Gasteiger partial charge on any atom is -0.388 e. The van der Waals surface area contributed by atoms with Crippen LogP contribution in [0, 0.1) is 11.3 Å². The van der Waals surface area contributed by atoms with E-state index in [-0.39, 0.29) is 17.1 Å². The van der Waals surface area contributed by atoms with E-state index >= 15 is 0 Å². The SMILES string of the molecule is CN(C)C1CC23CCC4(O2)C(=CCC2(C)C(c5ccc6cncnc6c5)=CCC24)C=C3C(O)C1O. The Morgan fingerprint density at radius 1 is 1.14 bits per heavy atom. The Bertz CT molecular complexity index is 1330. The zero-order valence-corrected chi connectivity index (χ0v) is 20.6. The average molecular weight is 472 g/mol. The van der Waals surface area contributed by atoms with Gasteiger partial charge in [0.05, 0.1) is 22.8 Å². The standard InChI is InChI=1S/C29H33N3O3/c1-27-9-8-19-13-21-25(33)26(34)23(32(2)3)14-28(21)10-11-29(19,35-28)24(27)7-6-20(27)17-4-5-18-15-30-16-31-22(18)12-17/h4-6,8,12-13,15-16,23-26,33-34H,7,9-11,14H2,1-3H3. The summed E-state index contributed by atoms with van der Waals surface area (Å²) in [4.78, 5) is 10.7. The summed E-state index contributed by atoms with van der Waals surface area (Å²) in [5.74, 6) is 0.338. The summed E-state index contributed by atoms with van der Waals surface area (Å²) >= 11 is 0. The van der Waals surface area contributed by atoms with Crippen LogP contribution in [0.2, 0.25) is 0 Å². The van der Waals surface area contributed by atoms with E-state index in [2.05, 4.69) is 53.3 Å². The molecule has 35 heavy (non-hydrogen) atoms. The lowest BCUT2D eigenvalue weighted by molar-refractivity contribution is -0.161.